The zero-order chi connectivity index (χ0) is 8.69. The summed E-state index contributed by atoms with van der Waals surface area (Å²) in [7, 11) is 0. The molecule has 2 heteroatoms. The minimum absolute atomic E-state index is 0.126. The molecule has 1 fully saturated rings. The molecule has 0 aromatic rings. The normalized spacial score (nSPS) is 30.5. The van der Waals surface area contributed by atoms with Crippen molar-refractivity contribution >= 4 is 0 Å². The van der Waals surface area contributed by atoms with Gasteiger partial charge in [-0.15, -0.1) is 0 Å². The Hall–Kier alpha value is -0.0800. The van der Waals surface area contributed by atoms with Crippen molar-refractivity contribution < 1.29 is 9.84 Å². The van der Waals surface area contributed by atoms with Crippen molar-refractivity contribution in [3.63, 3.8) is 0 Å². The van der Waals surface area contributed by atoms with Crippen LogP contribution in [0, 0.1) is 5.92 Å². The summed E-state index contributed by atoms with van der Waals surface area (Å²) in [4.78, 5) is 0. The second-order valence-electron chi connectivity index (χ2n) is 2.82. The fourth-order valence-electron chi connectivity index (χ4n) is 1.08. The third-order valence-electron chi connectivity index (χ3n) is 1.80. The molecule has 68 valence electrons. The Balaban J connectivity index is 0.000000461. The third-order valence-corrected chi connectivity index (χ3v) is 1.80. The molecule has 0 amide bonds. The summed E-state index contributed by atoms with van der Waals surface area (Å²) in [6, 6.07) is 0. The molecular weight excluding hydrogens is 140 g/mol. The fraction of sp³-hybridized carbons (Fsp3) is 1.00. The first kappa shape index (κ1) is 10.9. The van der Waals surface area contributed by atoms with Gasteiger partial charge in [-0.05, 0) is 18.8 Å². The van der Waals surface area contributed by atoms with Crippen LogP contribution in [0.4, 0.5) is 0 Å². The molecule has 2 nitrogen and oxygen atoms in total. The smallest absolute Gasteiger partial charge is 0.0806 e. The standard InChI is InChI=1S/C7H14O2.C2H6/c1-6-2-3-7(4-8)9-5-6;1-2/h6-8H,2-5H2,1H3;1-2H3. The summed E-state index contributed by atoms with van der Waals surface area (Å²) in [5.74, 6) is 0.688. The van der Waals surface area contributed by atoms with Crippen LogP contribution in [0.5, 0.6) is 0 Å². The molecule has 1 saturated heterocycles. The second kappa shape index (κ2) is 6.62. The Morgan fingerprint density at radius 3 is 2.36 bits per heavy atom. The summed E-state index contributed by atoms with van der Waals surface area (Å²) in [5, 5.41) is 8.65. The van der Waals surface area contributed by atoms with Gasteiger partial charge in [0.15, 0.2) is 0 Å². The van der Waals surface area contributed by atoms with Crippen molar-refractivity contribution in [2.75, 3.05) is 13.2 Å². The van der Waals surface area contributed by atoms with Crippen LogP contribution in [0.1, 0.15) is 33.6 Å². The lowest BCUT2D eigenvalue weighted by molar-refractivity contribution is -0.0386. The SMILES string of the molecule is CC.CC1CCC(CO)OC1. The highest BCUT2D eigenvalue weighted by molar-refractivity contribution is 4.65. The van der Waals surface area contributed by atoms with E-state index < -0.39 is 0 Å². The number of hydrogen-bond acceptors (Lipinski definition) is 2. The van der Waals surface area contributed by atoms with Crippen LogP contribution < -0.4 is 0 Å². The molecule has 2 atom stereocenters. The van der Waals surface area contributed by atoms with E-state index in [0.717, 1.165) is 13.0 Å². The van der Waals surface area contributed by atoms with Crippen molar-refractivity contribution in [2.45, 2.75) is 39.7 Å². The highest BCUT2D eigenvalue weighted by Gasteiger charge is 2.16. The number of rotatable bonds is 1. The van der Waals surface area contributed by atoms with E-state index in [-0.39, 0.29) is 12.7 Å². The predicted octanol–water partition coefficient (Wildman–Crippen LogP) is 1.82. The van der Waals surface area contributed by atoms with E-state index in [4.69, 9.17) is 9.84 Å². The van der Waals surface area contributed by atoms with Gasteiger partial charge in [0, 0.05) is 6.61 Å². The van der Waals surface area contributed by atoms with Gasteiger partial charge in [0.1, 0.15) is 0 Å². The van der Waals surface area contributed by atoms with Crippen molar-refractivity contribution in [3.05, 3.63) is 0 Å². The summed E-state index contributed by atoms with van der Waals surface area (Å²) >= 11 is 0. The number of aliphatic hydroxyl groups excluding tert-OH is 1. The first-order chi connectivity index (χ1) is 5.33. The Morgan fingerprint density at radius 1 is 1.36 bits per heavy atom. The maximum atomic E-state index is 8.65. The van der Waals surface area contributed by atoms with Gasteiger partial charge in [-0.1, -0.05) is 20.8 Å². The zero-order valence-corrected chi connectivity index (χ0v) is 7.84. The van der Waals surface area contributed by atoms with Crippen molar-refractivity contribution in [1.29, 1.82) is 0 Å². The molecule has 0 spiro atoms. The van der Waals surface area contributed by atoms with E-state index in [0.29, 0.717) is 5.92 Å². The van der Waals surface area contributed by atoms with Gasteiger partial charge in [-0.2, -0.15) is 0 Å². The molecule has 1 rings (SSSR count). The van der Waals surface area contributed by atoms with Crippen molar-refractivity contribution in [3.8, 4) is 0 Å². The van der Waals surface area contributed by atoms with Gasteiger partial charge < -0.3 is 9.84 Å². The number of aliphatic hydroxyl groups is 1. The average Bonchev–Trinajstić information content (AvgIpc) is 2.10. The van der Waals surface area contributed by atoms with Gasteiger partial charge in [-0.25, -0.2) is 0 Å². The highest BCUT2D eigenvalue weighted by Crippen LogP contribution is 2.17. The lowest BCUT2D eigenvalue weighted by atomic mass is 10.0. The first-order valence-corrected chi connectivity index (χ1v) is 4.55. The van der Waals surface area contributed by atoms with Gasteiger partial charge in [0.2, 0.25) is 0 Å². The number of hydrogen-bond donors (Lipinski definition) is 1. The minimum Gasteiger partial charge on any atom is -0.394 e. The largest absolute Gasteiger partial charge is 0.394 e. The van der Waals surface area contributed by atoms with E-state index in [9.17, 15) is 0 Å². The zero-order valence-electron chi connectivity index (χ0n) is 7.84. The van der Waals surface area contributed by atoms with E-state index in [1.165, 1.54) is 6.42 Å². The van der Waals surface area contributed by atoms with Gasteiger partial charge in [-0.3, -0.25) is 0 Å². The van der Waals surface area contributed by atoms with Gasteiger partial charge in [0.25, 0.3) is 0 Å². The minimum atomic E-state index is 0.126. The lowest BCUT2D eigenvalue weighted by Gasteiger charge is -2.24. The maximum Gasteiger partial charge on any atom is 0.0806 e. The predicted molar refractivity (Wildman–Crippen MR) is 46.6 cm³/mol. The fourth-order valence-corrected chi connectivity index (χ4v) is 1.08. The van der Waals surface area contributed by atoms with E-state index in [1.54, 1.807) is 0 Å². The molecule has 0 aromatic heterocycles. The molecule has 0 saturated carbocycles. The molecule has 1 aliphatic rings. The summed E-state index contributed by atoms with van der Waals surface area (Å²) < 4.78 is 5.29. The molecule has 0 aromatic carbocycles. The molecule has 0 aliphatic carbocycles. The monoisotopic (exact) mass is 160 g/mol. The van der Waals surface area contributed by atoms with Crippen LogP contribution in [0.15, 0.2) is 0 Å². The first-order valence-electron chi connectivity index (χ1n) is 4.55. The molecule has 11 heavy (non-hydrogen) atoms. The lowest BCUT2D eigenvalue weighted by Crippen LogP contribution is -2.26. The molecular formula is C9H20O2. The van der Waals surface area contributed by atoms with Crippen LogP contribution in [-0.4, -0.2) is 24.4 Å². The molecule has 0 radical (unpaired) electrons. The Kier molecular flexibility index (Phi) is 6.57. The van der Waals surface area contributed by atoms with Crippen LogP contribution in [0.3, 0.4) is 0 Å². The molecule has 1 heterocycles. The Morgan fingerprint density at radius 2 is 2.00 bits per heavy atom. The van der Waals surface area contributed by atoms with Crippen molar-refractivity contribution in [1.82, 2.24) is 0 Å². The van der Waals surface area contributed by atoms with Crippen LogP contribution in [0.2, 0.25) is 0 Å². The number of ether oxygens (including phenoxy) is 1. The average molecular weight is 160 g/mol. The Bertz CT molecular complexity index is 75.6. The second-order valence-corrected chi connectivity index (χ2v) is 2.82. The topological polar surface area (TPSA) is 29.5 Å². The van der Waals surface area contributed by atoms with Crippen LogP contribution in [0.25, 0.3) is 0 Å². The summed E-state index contributed by atoms with van der Waals surface area (Å²) in [6.07, 6.45) is 2.35. The highest BCUT2D eigenvalue weighted by atomic mass is 16.5. The Labute approximate surface area is 69.6 Å². The quantitative estimate of drug-likeness (QED) is 0.634. The van der Waals surface area contributed by atoms with Gasteiger partial charge in [0.05, 0.1) is 12.7 Å². The van der Waals surface area contributed by atoms with E-state index in [1.807, 2.05) is 13.8 Å². The molecule has 2 unspecified atom stereocenters. The van der Waals surface area contributed by atoms with Gasteiger partial charge >= 0.3 is 0 Å². The van der Waals surface area contributed by atoms with Crippen LogP contribution >= 0.6 is 0 Å². The summed E-state index contributed by atoms with van der Waals surface area (Å²) in [5.41, 5.74) is 0. The van der Waals surface area contributed by atoms with Crippen LogP contribution in [-0.2, 0) is 4.74 Å². The maximum absolute atomic E-state index is 8.65. The van der Waals surface area contributed by atoms with Crippen molar-refractivity contribution in [2.24, 2.45) is 5.92 Å². The van der Waals surface area contributed by atoms with E-state index >= 15 is 0 Å². The molecule has 1 aliphatic heterocycles. The van der Waals surface area contributed by atoms with E-state index in [2.05, 4.69) is 6.92 Å². The molecule has 0 bridgehead atoms. The molecule has 1 N–H and O–H groups in total. The summed E-state index contributed by atoms with van der Waals surface area (Å²) in [6.45, 7) is 7.19. The third kappa shape index (κ3) is 4.38.